The van der Waals surface area contributed by atoms with Gasteiger partial charge in [-0.1, -0.05) is 54.6 Å². The van der Waals surface area contributed by atoms with Crippen molar-refractivity contribution < 1.29 is 0 Å². The van der Waals surface area contributed by atoms with E-state index in [1.54, 1.807) is 0 Å². The van der Waals surface area contributed by atoms with Gasteiger partial charge in [-0.15, -0.1) is 0 Å². The Labute approximate surface area is 114 Å². The van der Waals surface area contributed by atoms with E-state index in [1.165, 1.54) is 38.6 Å². The van der Waals surface area contributed by atoms with Crippen LogP contribution in [0.1, 0.15) is 16.7 Å². The van der Waals surface area contributed by atoms with E-state index in [2.05, 4.69) is 75.4 Å². The fraction of sp³-hybridized carbons (Fsp3) is 0.158. The van der Waals surface area contributed by atoms with Crippen molar-refractivity contribution >= 4 is 10.8 Å². The van der Waals surface area contributed by atoms with Crippen molar-refractivity contribution in [2.24, 2.45) is 0 Å². The van der Waals surface area contributed by atoms with Crippen molar-refractivity contribution in [1.82, 2.24) is 0 Å². The van der Waals surface area contributed by atoms with Gasteiger partial charge in [-0.05, 0) is 59.4 Å². The van der Waals surface area contributed by atoms with E-state index < -0.39 is 0 Å². The minimum absolute atomic E-state index is 1.34. The Morgan fingerprint density at radius 2 is 1.16 bits per heavy atom. The zero-order valence-electron chi connectivity index (χ0n) is 11.7. The normalized spacial score (nSPS) is 10.9. The Bertz CT molecular complexity index is 731. The average Bonchev–Trinajstić information content (AvgIpc) is 2.41. The van der Waals surface area contributed by atoms with Gasteiger partial charge in [0, 0.05) is 0 Å². The van der Waals surface area contributed by atoms with Gasteiger partial charge >= 0.3 is 0 Å². The van der Waals surface area contributed by atoms with E-state index in [1.807, 2.05) is 0 Å². The maximum atomic E-state index is 2.26. The highest BCUT2D eigenvalue weighted by molar-refractivity contribution is 5.99. The molecule has 0 heteroatoms. The van der Waals surface area contributed by atoms with Crippen LogP contribution < -0.4 is 0 Å². The highest BCUT2D eigenvalue weighted by atomic mass is 14.1. The Hall–Kier alpha value is -2.08. The summed E-state index contributed by atoms with van der Waals surface area (Å²) in [5, 5.41) is 2.70. The monoisotopic (exact) mass is 246 g/mol. The van der Waals surface area contributed by atoms with Crippen molar-refractivity contribution in [2.45, 2.75) is 20.8 Å². The van der Waals surface area contributed by atoms with Crippen LogP contribution in [-0.2, 0) is 0 Å². The first kappa shape index (κ1) is 12.0. The molecule has 0 saturated carbocycles. The molecule has 0 radical (unpaired) electrons. The first-order valence-corrected chi connectivity index (χ1v) is 6.73. The maximum Gasteiger partial charge on any atom is -0.00999 e. The number of rotatable bonds is 1. The van der Waals surface area contributed by atoms with Gasteiger partial charge in [-0.3, -0.25) is 0 Å². The molecule has 0 bridgehead atoms. The minimum Gasteiger partial charge on any atom is -0.0617 e. The molecular weight excluding hydrogens is 228 g/mol. The van der Waals surface area contributed by atoms with E-state index in [-0.39, 0.29) is 0 Å². The molecule has 0 heterocycles. The third-order valence-corrected chi connectivity index (χ3v) is 3.89. The summed E-state index contributed by atoms with van der Waals surface area (Å²) in [7, 11) is 0. The lowest BCUT2D eigenvalue weighted by molar-refractivity contribution is 1.38. The quantitative estimate of drug-likeness (QED) is 0.537. The SMILES string of the molecule is Cc1cccc(C)c1-c1ccc(C)c2ccccc12. The molecule has 0 atom stereocenters. The lowest BCUT2D eigenvalue weighted by Gasteiger charge is -2.14. The van der Waals surface area contributed by atoms with Crippen molar-refractivity contribution in [3.63, 3.8) is 0 Å². The van der Waals surface area contributed by atoms with Gasteiger partial charge in [0.05, 0.1) is 0 Å². The predicted octanol–water partition coefficient (Wildman–Crippen LogP) is 5.43. The second-order valence-corrected chi connectivity index (χ2v) is 5.24. The third kappa shape index (κ3) is 1.94. The Morgan fingerprint density at radius 1 is 0.526 bits per heavy atom. The lowest BCUT2D eigenvalue weighted by atomic mass is 9.90. The van der Waals surface area contributed by atoms with E-state index in [9.17, 15) is 0 Å². The van der Waals surface area contributed by atoms with Gasteiger partial charge in [0.2, 0.25) is 0 Å². The fourth-order valence-electron chi connectivity index (χ4n) is 2.91. The summed E-state index contributed by atoms with van der Waals surface area (Å²) in [6, 6.07) is 19.7. The fourth-order valence-corrected chi connectivity index (χ4v) is 2.91. The van der Waals surface area contributed by atoms with Crippen molar-refractivity contribution in [2.75, 3.05) is 0 Å². The van der Waals surface area contributed by atoms with Gasteiger partial charge in [0.15, 0.2) is 0 Å². The van der Waals surface area contributed by atoms with Crippen molar-refractivity contribution in [3.8, 4) is 11.1 Å². The average molecular weight is 246 g/mol. The first-order valence-electron chi connectivity index (χ1n) is 6.73. The molecule has 0 amide bonds. The third-order valence-electron chi connectivity index (χ3n) is 3.89. The van der Waals surface area contributed by atoms with E-state index in [0.717, 1.165) is 0 Å². The van der Waals surface area contributed by atoms with Gasteiger partial charge in [-0.25, -0.2) is 0 Å². The molecular formula is C19H18. The first-order chi connectivity index (χ1) is 9.18. The van der Waals surface area contributed by atoms with Crippen LogP contribution in [-0.4, -0.2) is 0 Å². The van der Waals surface area contributed by atoms with E-state index in [0.29, 0.717) is 0 Å². The standard InChI is InChI=1S/C19H18/c1-13-11-12-18(17-10-5-4-9-16(13)17)19-14(2)7-6-8-15(19)3/h4-12H,1-3H3. The molecule has 0 aliphatic heterocycles. The van der Waals surface area contributed by atoms with Crippen LogP contribution in [0.15, 0.2) is 54.6 Å². The van der Waals surface area contributed by atoms with Crippen molar-refractivity contribution in [1.29, 1.82) is 0 Å². The molecule has 3 rings (SSSR count). The van der Waals surface area contributed by atoms with Crippen LogP contribution in [0, 0.1) is 20.8 Å². The van der Waals surface area contributed by atoms with Gasteiger partial charge in [-0.2, -0.15) is 0 Å². The van der Waals surface area contributed by atoms with E-state index >= 15 is 0 Å². The summed E-state index contributed by atoms with van der Waals surface area (Å²) in [5.41, 5.74) is 6.74. The Morgan fingerprint density at radius 3 is 1.84 bits per heavy atom. The molecule has 0 unspecified atom stereocenters. The summed E-state index contributed by atoms with van der Waals surface area (Å²) >= 11 is 0. The van der Waals surface area contributed by atoms with Crippen LogP contribution in [0.5, 0.6) is 0 Å². The molecule has 0 saturated heterocycles. The second kappa shape index (κ2) is 4.55. The van der Waals surface area contributed by atoms with Gasteiger partial charge in [0.1, 0.15) is 0 Å². The summed E-state index contributed by atoms with van der Waals surface area (Å²) in [6.07, 6.45) is 0. The smallest absolute Gasteiger partial charge is 0.00999 e. The molecule has 3 aromatic carbocycles. The Balaban J connectivity index is 2.41. The minimum atomic E-state index is 1.34. The van der Waals surface area contributed by atoms with Crippen molar-refractivity contribution in [3.05, 3.63) is 71.3 Å². The lowest BCUT2D eigenvalue weighted by Crippen LogP contribution is -1.90. The number of benzene rings is 3. The van der Waals surface area contributed by atoms with Crippen LogP contribution in [0.2, 0.25) is 0 Å². The van der Waals surface area contributed by atoms with Crippen LogP contribution in [0.3, 0.4) is 0 Å². The van der Waals surface area contributed by atoms with Crippen LogP contribution in [0.4, 0.5) is 0 Å². The molecule has 0 N–H and O–H groups in total. The van der Waals surface area contributed by atoms with E-state index in [4.69, 9.17) is 0 Å². The molecule has 0 aliphatic rings. The zero-order valence-corrected chi connectivity index (χ0v) is 11.7. The molecule has 94 valence electrons. The number of fused-ring (bicyclic) bond motifs is 1. The number of hydrogen-bond donors (Lipinski definition) is 0. The number of aryl methyl sites for hydroxylation is 3. The van der Waals surface area contributed by atoms with Crippen LogP contribution in [0.25, 0.3) is 21.9 Å². The maximum absolute atomic E-state index is 2.26. The molecule has 0 aromatic heterocycles. The molecule has 0 aliphatic carbocycles. The molecule has 3 aromatic rings. The summed E-state index contributed by atoms with van der Waals surface area (Å²) in [4.78, 5) is 0. The summed E-state index contributed by atoms with van der Waals surface area (Å²) in [6.45, 7) is 6.56. The summed E-state index contributed by atoms with van der Waals surface area (Å²) < 4.78 is 0. The second-order valence-electron chi connectivity index (χ2n) is 5.24. The topological polar surface area (TPSA) is 0 Å². The molecule has 0 fully saturated rings. The van der Waals surface area contributed by atoms with Crippen LogP contribution >= 0.6 is 0 Å². The van der Waals surface area contributed by atoms with Gasteiger partial charge in [0.25, 0.3) is 0 Å². The zero-order chi connectivity index (χ0) is 13.4. The largest absolute Gasteiger partial charge is 0.0617 e. The highest BCUT2D eigenvalue weighted by Crippen LogP contribution is 2.34. The summed E-state index contributed by atoms with van der Waals surface area (Å²) in [5.74, 6) is 0. The highest BCUT2D eigenvalue weighted by Gasteiger charge is 2.09. The Kier molecular flexibility index (Phi) is 2.87. The predicted molar refractivity (Wildman–Crippen MR) is 83.6 cm³/mol. The van der Waals surface area contributed by atoms with Gasteiger partial charge < -0.3 is 0 Å². The number of hydrogen-bond acceptors (Lipinski definition) is 0. The molecule has 19 heavy (non-hydrogen) atoms. The molecule has 0 spiro atoms. The molecule has 0 nitrogen and oxygen atoms in total.